The number of carbonyl (C=O) groups is 2. The number of hydrogen-bond acceptors (Lipinski definition) is 2. The number of amides is 2. The zero-order valence-electron chi connectivity index (χ0n) is 18.9. The van der Waals surface area contributed by atoms with Crippen molar-refractivity contribution in [1.82, 2.24) is 10.6 Å². The van der Waals surface area contributed by atoms with Crippen LogP contribution in [0.1, 0.15) is 46.8 Å². The van der Waals surface area contributed by atoms with Crippen LogP contribution < -0.4 is 10.6 Å². The molecule has 2 amide bonds. The van der Waals surface area contributed by atoms with Gasteiger partial charge in [0.25, 0.3) is 5.91 Å². The van der Waals surface area contributed by atoms with Crippen LogP contribution >= 0.6 is 34.8 Å². The first-order valence-corrected chi connectivity index (χ1v) is 11.5. The van der Waals surface area contributed by atoms with Crippen molar-refractivity contribution in [1.29, 1.82) is 0 Å². The summed E-state index contributed by atoms with van der Waals surface area (Å²) in [6.07, 6.45) is -10.2. The number of halogens is 10. The van der Waals surface area contributed by atoms with Crippen LogP contribution in [-0.2, 0) is 11.0 Å². The van der Waals surface area contributed by atoms with E-state index in [0.717, 1.165) is 12.1 Å². The Morgan fingerprint density at radius 1 is 1.00 bits per heavy atom. The second kappa shape index (κ2) is 11.9. The van der Waals surface area contributed by atoms with Gasteiger partial charge in [0.2, 0.25) is 5.91 Å². The Bertz CT molecular complexity index is 1190. The van der Waals surface area contributed by atoms with E-state index in [0.29, 0.717) is 12.1 Å². The molecule has 1 unspecified atom stereocenters. The maximum Gasteiger partial charge on any atom is 0.417 e. The molecule has 37 heavy (non-hydrogen) atoms. The minimum atomic E-state index is -5.18. The second-order valence-corrected chi connectivity index (χ2v) is 8.87. The topological polar surface area (TPSA) is 58.2 Å². The third-order valence-corrected chi connectivity index (χ3v) is 6.17. The fourth-order valence-corrected chi connectivity index (χ4v) is 3.78. The zero-order valence-corrected chi connectivity index (χ0v) is 21.2. The molecule has 14 heteroatoms. The molecule has 0 aromatic heterocycles. The van der Waals surface area contributed by atoms with Crippen LogP contribution in [0.3, 0.4) is 0 Å². The van der Waals surface area contributed by atoms with E-state index in [1.807, 2.05) is 0 Å². The van der Waals surface area contributed by atoms with Crippen molar-refractivity contribution in [2.75, 3.05) is 6.54 Å². The van der Waals surface area contributed by atoms with E-state index in [1.165, 1.54) is 6.92 Å². The van der Waals surface area contributed by atoms with Gasteiger partial charge in [0.05, 0.1) is 26.2 Å². The average Bonchev–Trinajstić information content (AvgIpc) is 2.78. The highest BCUT2D eigenvalue weighted by atomic mass is 35.5. The van der Waals surface area contributed by atoms with Crippen LogP contribution in [0.5, 0.6) is 0 Å². The molecule has 0 aliphatic heterocycles. The number of hydrogen-bond donors (Lipinski definition) is 2. The minimum absolute atomic E-state index is 0.0578. The average molecular weight is 594 g/mol. The van der Waals surface area contributed by atoms with Gasteiger partial charge in [-0.1, -0.05) is 40.9 Å². The van der Waals surface area contributed by atoms with Gasteiger partial charge in [0, 0.05) is 12.1 Å². The van der Waals surface area contributed by atoms with Crippen molar-refractivity contribution in [2.45, 2.75) is 38.2 Å². The summed E-state index contributed by atoms with van der Waals surface area (Å²) in [7, 11) is 0. The van der Waals surface area contributed by atoms with E-state index >= 15 is 0 Å². The van der Waals surface area contributed by atoms with Gasteiger partial charge in [-0.15, -0.1) is 0 Å². The third-order valence-electron chi connectivity index (χ3n) is 4.97. The SMILES string of the molecule is CCNC(=O)[C@@H](C)NC(=O)c1ccc(/C(F)=C/C(c2cc(Cl)c(Cl)c(Cl)c2)C(F)(F)F)cc1C(F)(F)F. The number of carbonyl (C=O) groups excluding carboxylic acids is 2. The van der Waals surface area contributed by atoms with Gasteiger partial charge < -0.3 is 10.6 Å². The first kappa shape index (κ1) is 30.7. The first-order valence-electron chi connectivity index (χ1n) is 10.4. The highest BCUT2D eigenvalue weighted by Crippen LogP contribution is 2.42. The molecule has 0 fully saturated rings. The molecule has 0 aliphatic rings. The molecule has 0 bridgehead atoms. The molecular weight excluding hydrogens is 576 g/mol. The highest BCUT2D eigenvalue weighted by Gasteiger charge is 2.41. The minimum Gasteiger partial charge on any atom is -0.355 e. The van der Waals surface area contributed by atoms with E-state index in [-0.39, 0.29) is 33.8 Å². The fraction of sp³-hybridized carbons (Fsp3) is 0.304. The molecular formula is C23H18Cl3F7N2O2. The second-order valence-electron chi connectivity index (χ2n) is 7.68. The number of allylic oxidation sites excluding steroid dienone is 1. The van der Waals surface area contributed by atoms with E-state index < -0.39 is 64.2 Å². The molecule has 0 radical (unpaired) electrons. The Balaban J connectivity index is 2.53. The number of benzene rings is 2. The molecule has 0 aliphatic carbocycles. The summed E-state index contributed by atoms with van der Waals surface area (Å²) < 4.78 is 97.2. The predicted molar refractivity (Wildman–Crippen MR) is 126 cm³/mol. The van der Waals surface area contributed by atoms with Gasteiger partial charge >= 0.3 is 12.4 Å². The Morgan fingerprint density at radius 2 is 1.57 bits per heavy atom. The summed E-state index contributed by atoms with van der Waals surface area (Å²) in [6, 6.07) is 1.93. The van der Waals surface area contributed by atoms with Gasteiger partial charge in [0.15, 0.2) is 0 Å². The lowest BCUT2D eigenvalue weighted by Crippen LogP contribution is -2.45. The summed E-state index contributed by atoms with van der Waals surface area (Å²) in [5, 5.41) is 3.54. The van der Waals surface area contributed by atoms with Crippen LogP contribution in [0.15, 0.2) is 36.4 Å². The molecule has 2 rings (SSSR count). The zero-order chi connectivity index (χ0) is 28.3. The first-order chi connectivity index (χ1) is 17.0. The van der Waals surface area contributed by atoms with Crippen molar-refractivity contribution in [3.8, 4) is 0 Å². The third kappa shape index (κ3) is 7.75. The fourth-order valence-electron chi connectivity index (χ4n) is 3.17. The molecule has 2 atom stereocenters. The quantitative estimate of drug-likeness (QED) is 0.257. The Kier molecular flexibility index (Phi) is 9.89. The Hall–Kier alpha value is -2.50. The standard InChI is InChI=1S/C23H18Cl3F7N2O2/c1-3-34-20(36)10(2)35-21(37)13-5-4-11(6-15(13)23(31,32)33)18(27)9-14(22(28,29)30)12-7-16(24)19(26)17(25)8-12/h4-10,14H,3H2,1-2H3,(H,34,36)(H,35,37)/b18-9-/t10-,14?/m1/s1. The maximum atomic E-state index is 14.9. The smallest absolute Gasteiger partial charge is 0.355 e. The normalized spacial score (nSPS) is 14.2. The van der Waals surface area contributed by atoms with Gasteiger partial charge in [-0.05, 0) is 49.8 Å². The van der Waals surface area contributed by atoms with Crippen LogP contribution in [-0.4, -0.2) is 30.6 Å². The van der Waals surface area contributed by atoms with Crippen LogP contribution in [0.4, 0.5) is 30.7 Å². The molecule has 2 aromatic rings. The Morgan fingerprint density at radius 3 is 2.05 bits per heavy atom. The van der Waals surface area contributed by atoms with E-state index in [2.05, 4.69) is 10.6 Å². The lowest BCUT2D eigenvalue weighted by atomic mass is 9.95. The number of likely N-dealkylation sites (N-methyl/N-ethyl adjacent to an activating group) is 1. The van der Waals surface area contributed by atoms with E-state index in [4.69, 9.17) is 34.8 Å². The highest BCUT2D eigenvalue weighted by molar-refractivity contribution is 6.48. The molecule has 0 saturated carbocycles. The van der Waals surface area contributed by atoms with E-state index in [9.17, 15) is 40.3 Å². The lowest BCUT2D eigenvalue weighted by molar-refractivity contribution is -0.140. The van der Waals surface area contributed by atoms with Crippen molar-refractivity contribution in [3.63, 3.8) is 0 Å². The molecule has 0 heterocycles. The molecule has 2 aromatic carbocycles. The van der Waals surface area contributed by atoms with Gasteiger partial charge in [-0.3, -0.25) is 9.59 Å². The molecule has 202 valence electrons. The number of rotatable bonds is 7. The van der Waals surface area contributed by atoms with Crippen molar-refractivity contribution < 1.29 is 40.3 Å². The lowest BCUT2D eigenvalue weighted by Gasteiger charge is -2.19. The summed E-state index contributed by atoms with van der Waals surface area (Å²) in [6.45, 7) is 3.04. The number of alkyl halides is 6. The summed E-state index contributed by atoms with van der Waals surface area (Å²) in [4.78, 5) is 24.2. The monoisotopic (exact) mass is 592 g/mol. The van der Waals surface area contributed by atoms with Crippen LogP contribution in [0, 0.1) is 0 Å². The summed E-state index contributed by atoms with van der Waals surface area (Å²) in [5.74, 6) is -6.25. The van der Waals surface area contributed by atoms with Gasteiger partial charge in [0.1, 0.15) is 17.8 Å². The van der Waals surface area contributed by atoms with Gasteiger partial charge in [-0.25, -0.2) is 4.39 Å². The molecule has 0 saturated heterocycles. The van der Waals surface area contributed by atoms with Gasteiger partial charge in [-0.2, -0.15) is 26.3 Å². The molecule has 2 N–H and O–H groups in total. The van der Waals surface area contributed by atoms with Crippen LogP contribution in [0.25, 0.3) is 5.83 Å². The predicted octanol–water partition coefficient (Wildman–Crippen LogP) is 7.58. The van der Waals surface area contributed by atoms with Crippen molar-refractivity contribution in [2.24, 2.45) is 0 Å². The van der Waals surface area contributed by atoms with Crippen molar-refractivity contribution >= 4 is 52.4 Å². The number of nitrogens with one attached hydrogen (secondary N) is 2. The van der Waals surface area contributed by atoms with E-state index in [1.54, 1.807) is 6.92 Å². The Labute approximate surface area is 221 Å². The summed E-state index contributed by atoms with van der Waals surface area (Å²) >= 11 is 17.3. The molecule has 0 spiro atoms. The van der Waals surface area contributed by atoms with Crippen molar-refractivity contribution in [3.05, 3.63) is 73.7 Å². The summed E-state index contributed by atoms with van der Waals surface area (Å²) in [5.41, 5.74) is -4.05. The largest absolute Gasteiger partial charge is 0.417 e. The maximum absolute atomic E-state index is 14.9. The van der Waals surface area contributed by atoms with Crippen LogP contribution in [0.2, 0.25) is 15.1 Å². The molecule has 4 nitrogen and oxygen atoms in total.